The molecule has 1 aliphatic heterocycles. The van der Waals surface area contributed by atoms with Crippen molar-refractivity contribution < 1.29 is 27.9 Å². The van der Waals surface area contributed by atoms with Crippen LogP contribution < -0.4 is 20.7 Å². The molecule has 3 N–H and O–H groups in total. The maximum atomic E-state index is 14.8. The molecule has 1 aliphatic carbocycles. The number of aromatic nitrogens is 1. The van der Waals surface area contributed by atoms with Crippen LogP contribution in [0.2, 0.25) is 0 Å². The van der Waals surface area contributed by atoms with E-state index in [1.54, 1.807) is 4.90 Å². The first-order chi connectivity index (χ1) is 17.8. The van der Waals surface area contributed by atoms with Crippen molar-refractivity contribution >= 4 is 35.0 Å². The molecule has 2 heterocycles. The van der Waals surface area contributed by atoms with Gasteiger partial charge in [0.15, 0.2) is 11.6 Å². The van der Waals surface area contributed by atoms with E-state index in [0.717, 1.165) is 12.5 Å². The molecule has 38 heavy (non-hydrogen) atoms. The quantitative estimate of drug-likeness (QED) is 0.360. The summed E-state index contributed by atoms with van der Waals surface area (Å²) in [7, 11) is 0. The Morgan fingerprint density at radius 2 is 1.53 bits per heavy atom. The minimum atomic E-state index is -1.27. The van der Waals surface area contributed by atoms with Crippen LogP contribution in [0.25, 0.3) is 0 Å². The number of benzene rings is 2. The van der Waals surface area contributed by atoms with Crippen molar-refractivity contribution in [1.29, 1.82) is 0 Å². The first-order valence-corrected chi connectivity index (χ1v) is 11.7. The highest BCUT2D eigenvalue weighted by Crippen LogP contribution is 2.47. The van der Waals surface area contributed by atoms with Gasteiger partial charge >= 0.3 is 6.03 Å². The predicted octanol–water partition coefficient (Wildman–Crippen LogP) is 5.38. The molecular weight excluding hydrogens is 496 g/mol. The molecule has 3 aromatic rings. The number of carbonyl (C=O) groups excluding carboxylic acids is 3. The number of likely N-dealkylation sites (tertiary alicyclic amines) is 1. The number of halogens is 2. The number of hydrogen-bond donors (Lipinski definition) is 3. The number of nitrogens with zero attached hydrogens (tertiary/aromatic N) is 2. The van der Waals surface area contributed by atoms with E-state index in [2.05, 4.69) is 20.9 Å². The van der Waals surface area contributed by atoms with Crippen LogP contribution in [0.15, 0.2) is 60.8 Å². The molecule has 9 nitrogen and oxygen atoms in total. The molecule has 5 rings (SSSR count). The molecule has 2 fully saturated rings. The summed E-state index contributed by atoms with van der Waals surface area (Å²) in [5.41, 5.74) is -0.737. The lowest BCUT2D eigenvalue weighted by atomic mass is 10.0. The number of ether oxygens (including phenoxy) is 1. The van der Waals surface area contributed by atoms with Gasteiger partial charge in [-0.15, -0.1) is 0 Å². The van der Waals surface area contributed by atoms with Crippen LogP contribution in [0.5, 0.6) is 11.5 Å². The van der Waals surface area contributed by atoms with Gasteiger partial charge in [-0.3, -0.25) is 14.9 Å². The fourth-order valence-corrected chi connectivity index (χ4v) is 3.76. The monoisotopic (exact) mass is 523 g/mol. The lowest BCUT2D eigenvalue weighted by Gasteiger charge is -2.30. The molecule has 0 unspecified atom stereocenters. The Morgan fingerprint density at radius 3 is 2.13 bits per heavy atom. The zero-order valence-electron chi connectivity index (χ0n) is 19.6. The molecule has 0 radical (unpaired) electrons. The van der Waals surface area contributed by atoms with Crippen molar-refractivity contribution in [2.24, 2.45) is 5.41 Å². The lowest BCUT2D eigenvalue weighted by molar-refractivity contribution is -0.131. The van der Waals surface area contributed by atoms with E-state index in [4.69, 9.17) is 4.74 Å². The highest BCUT2D eigenvalue weighted by molar-refractivity contribution is 6.16. The van der Waals surface area contributed by atoms with Gasteiger partial charge in [0.25, 0.3) is 0 Å². The number of hydrogen-bond acceptors (Lipinski definition) is 5. The van der Waals surface area contributed by atoms with Crippen LogP contribution in [0.3, 0.4) is 0 Å². The van der Waals surface area contributed by atoms with Crippen molar-refractivity contribution in [2.45, 2.75) is 26.7 Å². The number of nitrogens with one attached hydrogen (secondary N) is 3. The van der Waals surface area contributed by atoms with Gasteiger partial charge in [0.2, 0.25) is 11.8 Å². The first kappa shape index (κ1) is 26.5. The van der Waals surface area contributed by atoms with Crippen LogP contribution >= 0.6 is 0 Å². The molecule has 1 saturated carbocycles. The summed E-state index contributed by atoms with van der Waals surface area (Å²) in [4.78, 5) is 43.3. The average molecular weight is 524 g/mol. The van der Waals surface area contributed by atoms with Crippen molar-refractivity contribution in [2.75, 3.05) is 29.0 Å². The molecule has 4 amide bonds. The number of amides is 4. The summed E-state index contributed by atoms with van der Waals surface area (Å²) < 4.78 is 33.5. The molecule has 11 heteroatoms. The highest BCUT2D eigenvalue weighted by Gasteiger charge is 2.56. The molecule has 198 valence electrons. The molecule has 2 aromatic carbocycles. The smallest absolute Gasteiger partial charge is 0.323 e. The zero-order valence-corrected chi connectivity index (χ0v) is 19.6. The van der Waals surface area contributed by atoms with Gasteiger partial charge in [-0.2, -0.15) is 0 Å². The van der Waals surface area contributed by atoms with E-state index in [1.165, 1.54) is 54.7 Å². The minimum Gasteiger partial charge on any atom is -0.454 e. The second-order valence-corrected chi connectivity index (χ2v) is 8.89. The Kier molecular flexibility index (Phi) is 7.56. The van der Waals surface area contributed by atoms with Gasteiger partial charge < -0.3 is 20.3 Å². The van der Waals surface area contributed by atoms with Crippen molar-refractivity contribution in [3.63, 3.8) is 0 Å². The number of rotatable bonds is 7. The van der Waals surface area contributed by atoms with Crippen LogP contribution in [0.1, 0.15) is 26.7 Å². The zero-order chi connectivity index (χ0) is 26.0. The van der Waals surface area contributed by atoms with Gasteiger partial charge in [0.05, 0.1) is 0 Å². The summed E-state index contributed by atoms with van der Waals surface area (Å²) in [5, 5.41) is 7.88. The SMILES string of the molecule is C.O=C(Nc1cc(Oc2ccc(NC(=O)C3(C(=O)Nc4ccc(F)cc4)CC3)cc2F)ccn1)N1CCC1. The molecule has 0 spiro atoms. The Balaban J connectivity index is 0.00000336. The maximum Gasteiger partial charge on any atom is 0.323 e. The topological polar surface area (TPSA) is 113 Å². The van der Waals surface area contributed by atoms with Crippen molar-refractivity contribution in [1.82, 2.24) is 9.88 Å². The third-order valence-corrected chi connectivity index (χ3v) is 6.25. The predicted molar refractivity (Wildman–Crippen MR) is 138 cm³/mol. The molecule has 0 bridgehead atoms. The summed E-state index contributed by atoms with van der Waals surface area (Å²) in [6.45, 7) is 1.38. The molecule has 1 saturated heterocycles. The van der Waals surface area contributed by atoms with E-state index in [9.17, 15) is 23.2 Å². The van der Waals surface area contributed by atoms with E-state index >= 15 is 0 Å². The Bertz CT molecular complexity index is 1360. The molecule has 2 aliphatic rings. The number of carbonyl (C=O) groups is 3. The molecular formula is C27H27F2N5O4. The van der Waals surface area contributed by atoms with Gasteiger partial charge in [-0.25, -0.2) is 18.6 Å². The summed E-state index contributed by atoms with van der Waals surface area (Å²) in [5.74, 6) is -1.81. The van der Waals surface area contributed by atoms with Gasteiger partial charge in [-0.05, 0) is 61.7 Å². The first-order valence-electron chi connectivity index (χ1n) is 11.7. The third-order valence-electron chi connectivity index (χ3n) is 6.25. The van der Waals surface area contributed by atoms with E-state index < -0.39 is 28.9 Å². The summed E-state index contributed by atoms with van der Waals surface area (Å²) in [6, 6.07) is 11.9. The fourth-order valence-electron chi connectivity index (χ4n) is 3.76. The highest BCUT2D eigenvalue weighted by atomic mass is 19.1. The molecule has 0 atom stereocenters. The summed E-state index contributed by atoms with van der Waals surface area (Å²) in [6.07, 6.45) is 3.08. The van der Waals surface area contributed by atoms with Gasteiger partial charge in [-0.1, -0.05) is 7.43 Å². The number of anilines is 3. The van der Waals surface area contributed by atoms with E-state index in [1.807, 2.05) is 0 Å². The number of pyridine rings is 1. The van der Waals surface area contributed by atoms with Crippen molar-refractivity contribution in [3.05, 3.63) is 72.4 Å². The van der Waals surface area contributed by atoms with Gasteiger partial charge in [0.1, 0.15) is 22.8 Å². The Hall–Kier alpha value is -4.54. The average Bonchev–Trinajstić information content (AvgIpc) is 3.64. The Morgan fingerprint density at radius 1 is 0.868 bits per heavy atom. The van der Waals surface area contributed by atoms with Crippen molar-refractivity contribution in [3.8, 4) is 11.5 Å². The number of urea groups is 1. The van der Waals surface area contributed by atoms with Crippen LogP contribution in [0, 0.1) is 17.0 Å². The second kappa shape index (κ2) is 10.8. The molecule has 1 aromatic heterocycles. The normalized spacial score (nSPS) is 14.8. The summed E-state index contributed by atoms with van der Waals surface area (Å²) >= 11 is 0. The van der Waals surface area contributed by atoms with Crippen LogP contribution in [0.4, 0.5) is 30.8 Å². The standard InChI is InChI=1S/C26H23F2N5O4.CH4/c27-16-2-4-17(5-3-16)30-23(34)26(9-10-26)24(35)31-18-6-7-21(20(28)14-18)37-19-8-11-29-22(15-19)32-25(36)33-12-1-13-33;/h2-8,11,14-15H,1,9-10,12-13H2,(H,30,34)(H,31,35)(H,29,32,36);1H4. The second-order valence-electron chi connectivity index (χ2n) is 8.89. The van der Waals surface area contributed by atoms with Crippen LogP contribution in [-0.4, -0.2) is 40.8 Å². The minimum absolute atomic E-state index is 0. The Labute approximate surface area is 218 Å². The van der Waals surface area contributed by atoms with E-state index in [0.29, 0.717) is 31.6 Å². The third kappa shape index (κ3) is 5.72. The van der Waals surface area contributed by atoms with E-state index in [-0.39, 0.29) is 36.5 Å². The largest absolute Gasteiger partial charge is 0.454 e. The maximum absolute atomic E-state index is 14.8. The lowest BCUT2D eigenvalue weighted by Crippen LogP contribution is -2.44. The van der Waals surface area contributed by atoms with Gasteiger partial charge in [0, 0.05) is 42.8 Å². The van der Waals surface area contributed by atoms with Crippen LogP contribution in [-0.2, 0) is 9.59 Å². The fraction of sp³-hybridized carbons (Fsp3) is 0.259.